The quantitative estimate of drug-likeness (QED) is 0.458. The largest absolute Gasteiger partial charge is 0.288 e. The summed E-state index contributed by atoms with van der Waals surface area (Å²) >= 11 is 0. The third kappa shape index (κ3) is 3.87. The van der Waals surface area contributed by atoms with Crippen molar-refractivity contribution in [2.24, 2.45) is 10.9 Å². The maximum atomic E-state index is 9.06. The number of rotatable bonds is 4. The summed E-state index contributed by atoms with van der Waals surface area (Å²) in [6, 6.07) is 21.2. The van der Waals surface area contributed by atoms with Crippen molar-refractivity contribution in [3.8, 4) is 6.07 Å². The number of benzene rings is 3. The monoisotopic (exact) mass is 378 g/mol. The number of aliphatic imine (C=N–C) groups is 1. The summed E-state index contributed by atoms with van der Waals surface area (Å²) in [5, 5.41) is 11.3. The lowest BCUT2D eigenvalue weighted by molar-refractivity contribution is 0.657. The molecule has 1 aliphatic rings. The minimum absolute atomic E-state index is 0.451. The molecule has 0 spiro atoms. The van der Waals surface area contributed by atoms with Gasteiger partial charge in [-0.2, -0.15) is 5.26 Å². The summed E-state index contributed by atoms with van der Waals surface area (Å²) in [7, 11) is 0. The van der Waals surface area contributed by atoms with Crippen LogP contribution in [0.5, 0.6) is 0 Å². The molecule has 1 unspecified atom stereocenters. The minimum atomic E-state index is 0.451. The lowest BCUT2D eigenvalue weighted by atomic mass is 9.83. The third-order valence-electron chi connectivity index (χ3n) is 5.77. The van der Waals surface area contributed by atoms with E-state index in [1.54, 1.807) is 0 Å². The van der Waals surface area contributed by atoms with E-state index in [-0.39, 0.29) is 0 Å². The first-order chi connectivity index (χ1) is 14.1. The summed E-state index contributed by atoms with van der Waals surface area (Å²) < 4.78 is 0. The Balaban J connectivity index is 1.65. The number of fused-ring (bicyclic) bond motifs is 2. The van der Waals surface area contributed by atoms with Crippen molar-refractivity contribution in [2.75, 3.05) is 6.54 Å². The Kier molecular flexibility index (Phi) is 5.32. The van der Waals surface area contributed by atoms with E-state index < -0.39 is 0 Å². The molecule has 0 radical (unpaired) electrons. The van der Waals surface area contributed by atoms with Gasteiger partial charge in [0, 0.05) is 18.2 Å². The fourth-order valence-corrected chi connectivity index (χ4v) is 4.12. The van der Waals surface area contributed by atoms with Gasteiger partial charge in [-0.15, -0.1) is 0 Å². The molecule has 29 heavy (non-hydrogen) atoms. The van der Waals surface area contributed by atoms with Gasteiger partial charge in [-0.3, -0.25) is 4.99 Å². The second kappa shape index (κ2) is 8.05. The molecule has 1 heterocycles. The molecule has 144 valence electrons. The summed E-state index contributed by atoms with van der Waals surface area (Å²) in [5.74, 6) is 0.961. The minimum Gasteiger partial charge on any atom is -0.288 e. The molecule has 0 aromatic heterocycles. The average molecular weight is 379 g/mol. The van der Waals surface area contributed by atoms with Crippen LogP contribution in [0.3, 0.4) is 0 Å². The van der Waals surface area contributed by atoms with Crippen LogP contribution >= 0.6 is 0 Å². The van der Waals surface area contributed by atoms with E-state index in [2.05, 4.69) is 75.4 Å². The second-order valence-electron chi connectivity index (χ2n) is 8.10. The van der Waals surface area contributed by atoms with Crippen molar-refractivity contribution in [1.29, 1.82) is 5.26 Å². The average Bonchev–Trinajstić information content (AvgIpc) is 2.76. The van der Waals surface area contributed by atoms with E-state index in [1.807, 2.05) is 18.2 Å². The molecular formula is C27H26N2. The van der Waals surface area contributed by atoms with Crippen LogP contribution in [0.2, 0.25) is 0 Å². The molecule has 2 nitrogen and oxygen atoms in total. The molecule has 0 bridgehead atoms. The standard InChI is InChI=1S/C27H26N2/c1-4-22-17-29-27(18(2)3)25-12-9-20(15-26(22)25)6-5-19-7-10-24-14-21(16-28)8-11-23(24)13-19/h5-15,18,22H,4,17H2,1-3H3/b6-5+. The molecule has 0 N–H and O–H groups in total. The zero-order valence-corrected chi connectivity index (χ0v) is 17.3. The first kappa shape index (κ1) is 19.2. The smallest absolute Gasteiger partial charge is 0.0991 e. The van der Waals surface area contributed by atoms with Crippen LogP contribution in [0.15, 0.2) is 59.6 Å². The molecule has 2 heteroatoms. The fourth-order valence-electron chi connectivity index (χ4n) is 4.12. The number of hydrogen-bond acceptors (Lipinski definition) is 2. The van der Waals surface area contributed by atoms with Gasteiger partial charge in [-0.1, -0.05) is 69.3 Å². The van der Waals surface area contributed by atoms with Crippen molar-refractivity contribution in [3.63, 3.8) is 0 Å². The lowest BCUT2D eigenvalue weighted by Crippen LogP contribution is -2.21. The van der Waals surface area contributed by atoms with Crippen LogP contribution in [-0.4, -0.2) is 12.3 Å². The third-order valence-corrected chi connectivity index (χ3v) is 5.77. The van der Waals surface area contributed by atoms with Crippen LogP contribution in [0.4, 0.5) is 0 Å². The Hall–Kier alpha value is -3.18. The van der Waals surface area contributed by atoms with E-state index in [4.69, 9.17) is 10.3 Å². The molecule has 3 aromatic carbocycles. The highest BCUT2D eigenvalue weighted by Crippen LogP contribution is 2.32. The van der Waals surface area contributed by atoms with Gasteiger partial charge in [0.1, 0.15) is 0 Å². The summed E-state index contributed by atoms with van der Waals surface area (Å²) in [6.45, 7) is 7.60. The maximum absolute atomic E-state index is 9.06. The zero-order chi connectivity index (χ0) is 20.4. The van der Waals surface area contributed by atoms with Crippen LogP contribution in [0.1, 0.15) is 60.9 Å². The van der Waals surface area contributed by atoms with Gasteiger partial charge in [0.05, 0.1) is 11.6 Å². The molecular weight excluding hydrogens is 352 g/mol. The highest BCUT2D eigenvalue weighted by Gasteiger charge is 2.23. The van der Waals surface area contributed by atoms with Crippen LogP contribution < -0.4 is 0 Å². The van der Waals surface area contributed by atoms with Crippen molar-refractivity contribution < 1.29 is 0 Å². The second-order valence-corrected chi connectivity index (χ2v) is 8.10. The Morgan fingerprint density at radius 1 is 1.00 bits per heavy atom. The first-order valence-corrected chi connectivity index (χ1v) is 10.4. The van der Waals surface area contributed by atoms with Gasteiger partial charge in [-0.05, 0) is 63.6 Å². The van der Waals surface area contributed by atoms with E-state index in [0.717, 1.165) is 29.3 Å². The Labute approximate surface area is 173 Å². The molecule has 0 amide bonds. The van der Waals surface area contributed by atoms with E-state index in [9.17, 15) is 0 Å². The van der Waals surface area contributed by atoms with Crippen LogP contribution in [0.25, 0.3) is 22.9 Å². The summed E-state index contributed by atoms with van der Waals surface area (Å²) in [5.41, 5.74) is 7.10. The van der Waals surface area contributed by atoms with Crippen molar-refractivity contribution in [2.45, 2.75) is 33.1 Å². The molecule has 0 fully saturated rings. The highest BCUT2D eigenvalue weighted by atomic mass is 14.8. The number of hydrogen-bond donors (Lipinski definition) is 0. The topological polar surface area (TPSA) is 36.1 Å². The van der Waals surface area contributed by atoms with Crippen molar-refractivity contribution >= 4 is 28.6 Å². The molecule has 1 aliphatic heterocycles. The van der Waals surface area contributed by atoms with Gasteiger partial charge in [0.25, 0.3) is 0 Å². The number of nitrogens with zero attached hydrogens (tertiary/aromatic N) is 2. The van der Waals surface area contributed by atoms with Gasteiger partial charge >= 0.3 is 0 Å². The van der Waals surface area contributed by atoms with Gasteiger partial charge in [0.2, 0.25) is 0 Å². The van der Waals surface area contributed by atoms with E-state index >= 15 is 0 Å². The molecule has 4 rings (SSSR count). The van der Waals surface area contributed by atoms with Gasteiger partial charge in [0.15, 0.2) is 0 Å². The molecule has 0 saturated heterocycles. The van der Waals surface area contributed by atoms with Gasteiger partial charge in [-0.25, -0.2) is 0 Å². The summed E-state index contributed by atoms with van der Waals surface area (Å²) in [6.07, 6.45) is 5.48. The summed E-state index contributed by atoms with van der Waals surface area (Å²) in [4.78, 5) is 4.87. The Bertz CT molecular complexity index is 1160. The molecule has 0 saturated carbocycles. The normalized spacial score (nSPS) is 16.1. The first-order valence-electron chi connectivity index (χ1n) is 10.4. The highest BCUT2D eigenvalue weighted by molar-refractivity contribution is 6.04. The van der Waals surface area contributed by atoms with Crippen LogP contribution in [0, 0.1) is 17.2 Å². The molecule has 0 aliphatic carbocycles. The predicted octanol–water partition coefficient (Wildman–Crippen LogP) is 6.83. The Morgan fingerprint density at radius 3 is 2.41 bits per heavy atom. The zero-order valence-electron chi connectivity index (χ0n) is 17.3. The number of nitriles is 1. The van der Waals surface area contributed by atoms with Crippen molar-refractivity contribution in [3.05, 3.63) is 82.4 Å². The molecule has 1 atom stereocenters. The maximum Gasteiger partial charge on any atom is 0.0991 e. The fraction of sp³-hybridized carbons (Fsp3) is 0.259. The van der Waals surface area contributed by atoms with Crippen LogP contribution in [-0.2, 0) is 0 Å². The predicted molar refractivity (Wildman–Crippen MR) is 123 cm³/mol. The van der Waals surface area contributed by atoms with Crippen molar-refractivity contribution in [1.82, 2.24) is 0 Å². The Morgan fingerprint density at radius 2 is 1.69 bits per heavy atom. The van der Waals surface area contributed by atoms with E-state index in [1.165, 1.54) is 22.4 Å². The lowest BCUT2D eigenvalue weighted by Gasteiger charge is -2.26. The van der Waals surface area contributed by atoms with E-state index in [0.29, 0.717) is 17.4 Å². The SMILES string of the molecule is CCC1CN=C(C(C)C)c2ccc(/C=C/c3ccc4cc(C#N)ccc4c3)cc21. The molecule has 3 aromatic rings. The van der Waals surface area contributed by atoms with Gasteiger partial charge < -0.3 is 0 Å².